The van der Waals surface area contributed by atoms with Gasteiger partial charge in [-0.15, -0.1) is 0 Å². The summed E-state index contributed by atoms with van der Waals surface area (Å²) in [4.78, 5) is 0. The van der Waals surface area contributed by atoms with Gasteiger partial charge in [0, 0.05) is 10.6 Å². The third kappa shape index (κ3) is 2.30. The lowest BCUT2D eigenvalue weighted by molar-refractivity contribution is 0.527. The number of halogens is 3. The highest BCUT2D eigenvalue weighted by molar-refractivity contribution is 9.10. The predicted molar refractivity (Wildman–Crippen MR) is 76.2 cm³/mol. The van der Waals surface area contributed by atoms with Crippen molar-refractivity contribution in [3.63, 3.8) is 0 Å². The molecule has 0 aliphatic rings. The SMILES string of the molecule is CC(N)(c1ccccc1Cl)c1cccc(Br)c1F. The minimum absolute atomic E-state index is 0.359. The maximum absolute atomic E-state index is 14.1. The second-order valence-corrected chi connectivity index (χ2v) is 5.55. The highest BCUT2D eigenvalue weighted by atomic mass is 79.9. The van der Waals surface area contributed by atoms with Crippen molar-refractivity contribution in [3.05, 3.63) is 68.9 Å². The molecule has 0 aromatic heterocycles. The fourth-order valence-electron chi connectivity index (χ4n) is 1.93. The molecule has 2 aromatic carbocycles. The van der Waals surface area contributed by atoms with Crippen LogP contribution in [0.5, 0.6) is 0 Å². The molecule has 1 unspecified atom stereocenters. The van der Waals surface area contributed by atoms with Crippen molar-refractivity contribution in [1.29, 1.82) is 0 Å². The minimum Gasteiger partial charge on any atom is -0.318 e. The zero-order valence-corrected chi connectivity index (χ0v) is 12.1. The number of hydrogen-bond donors (Lipinski definition) is 1. The topological polar surface area (TPSA) is 26.0 Å². The van der Waals surface area contributed by atoms with Crippen LogP contribution < -0.4 is 5.73 Å². The van der Waals surface area contributed by atoms with E-state index in [9.17, 15) is 4.39 Å². The zero-order valence-electron chi connectivity index (χ0n) is 9.75. The predicted octanol–water partition coefficient (Wildman–Crippen LogP) is 4.46. The Hall–Kier alpha value is -0.900. The number of nitrogens with two attached hydrogens (primary N) is 1. The number of hydrogen-bond acceptors (Lipinski definition) is 1. The molecule has 0 aliphatic carbocycles. The van der Waals surface area contributed by atoms with E-state index in [4.69, 9.17) is 17.3 Å². The summed E-state index contributed by atoms with van der Waals surface area (Å²) in [5.74, 6) is -0.359. The Kier molecular flexibility index (Phi) is 3.76. The van der Waals surface area contributed by atoms with Gasteiger partial charge < -0.3 is 5.73 Å². The van der Waals surface area contributed by atoms with Gasteiger partial charge in [-0.25, -0.2) is 4.39 Å². The molecule has 0 saturated carbocycles. The normalized spacial score (nSPS) is 14.3. The molecule has 18 heavy (non-hydrogen) atoms. The third-order valence-corrected chi connectivity index (χ3v) is 3.89. The quantitative estimate of drug-likeness (QED) is 0.865. The first-order valence-corrected chi connectivity index (χ1v) is 6.60. The average Bonchev–Trinajstić information content (AvgIpc) is 2.32. The molecule has 4 heteroatoms. The minimum atomic E-state index is -0.980. The fraction of sp³-hybridized carbons (Fsp3) is 0.143. The smallest absolute Gasteiger partial charge is 0.142 e. The van der Waals surface area contributed by atoms with Gasteiger partial charge in [0.15, 0.2) is 0 Å². The van der Waals surface area contributed by atoms with Crippen molar-refractivity contribution in [2.24, 2.45) is 5.73 Å². The summed E-state index contributed by atoms with van der Waals surface area (Å²) in [7, 11) is 0. The first-order valence-electron chi connectivity index (χ1n) is 5.43. The molecule has 2 N–H and O–H groups in total. The van der Waals surface area contributed by atoms with Crippen molar-refractivity contribution >= 4 is 27.5 Å². The van der Waals surface area contributed by atoms with Crippen molar-refractivity contribution < 1.29 is 4.39 Å². The van der Waals surface area contributed by atoms with Crippen LogP contribution in [0.3, 0.4) is 0 Å². The Labute approximate surface area is 119 Å². The Morgan fingerprint density at radius 2 is 1.72 bits per heavy atom. The lowest BCUT2D eigenvalue weighted by Gasteiger charge is -2.27. The van der Waals surface area contributed by atoms with Gasteiger partial charge in [-0.3, -0.25) is 0 Å². The molecule has 0 fully saturated rings. The van der Waals surface area contributed by atoms with E-state index in [1.165, 1.54) is 0 Å². The van der Waals surface area contributed by atoms with E-state index in [0.29, 0.717) is 20.6 Å². The van der Waals surface area contributed by atoms with Crippen LogP contribution in [0.4, 0.5) is 4.39 Å². The summed E-state index contributed by atoms with van der Waals surface area (Å²) in [5, 5.41) is 0.530. The largest absolute Gasteiger partial charge is 0.318 e. The molecule has 2 aromatic rings. The molecule has 0 heterocycles. The van der Waals surface area contributed by atoms with Gasteiger partial charge in [-0.05, 0) is 40.5 Å². The van der Waals surface area contributed by atoms with Crippen molar-refractivity contribution in [3.8, 4) is 0 Å². The molecule has 0 saturated heterocycles. The summed E-state index contributed by atoms with van der Waals surface area (Å²) in [6, 6.07) is 12.3. The summed E-state index contributed by atoms with van der Waals surface area (Å²) < 4.78 is 14.5. The number of benzene rings is 2. The highest BCUT2D eigenvalue weighted by Crippen LogP contribution is 2.34. The summed E-state index contributed by atoms with van der Waals surface area (Å²) in [5.41, 5.74) is 6.41. The van der Waals surface area contributed by atoms with Crippen LogP contribution in [-0.2, 0) is 5.54 Å². The van der Waals surface area contributed by atoms with E-state index in [1.54, 1.807) is 31.2 Å². The van der Waals surface area contributed by atoms with Crippen LogP contribution in [-0.4, -0.2) is 0 Å². The molecule has 2 rings (SSSR count). The summed E-state index contributed by atoms with van der Waals surface area (Å²) >= 11 is 9.30. The molecular formula is C14H12BrClFN. The van der Waals surface area contributed by atoms with Crippen LogP contribution in [0.1, 0.15) is 18.1 Å². The average molecular weight is 329 g/mol. The van der Waals surface area contributed by atoms with Crippen molar-refractivity contribution in [2.75, 3.05) is 0 Å². The van der Waals surface area contributed by atoms with E-state index < -0.39 is 5.54 Å². The zero-order chi connectivity index (χ0) is 13.3. The maximum atomic E-state index is 14.1. The fourth-order valence-corrected chi connectivity index (χ4v) is 2.63. The van der Waals surface area contributed by atoms with E-state index in [2.05, 4.69) is 15.9 Å². The standard InChI is InChI=1S/C14H12BrClFN/c1-14(18,9-5-2-3-8-12(9)16)10-6-4-7-11(15)13(10)17/h2-8H,18H2,1H3. The molecule has 0 spiro atoms. The van der Waals surface area contributed by atoms with Gasteiger partial charge >= 0.3 is 0 Å². The monoisotopic (exact) mass is 327 g/mol. The Bertz CT molecular complexity index is 584. The molecule has 94 valence electrons. The van der Waals surface area contributed by atoms with Gasteiger partial charge in [0.05, 0.1) is 10.0 Å². The Morgan fingerprint density at radius 3 is 2.39 bits per heavy atom. The molecule has 0 aliphatic heterocycles. The highest BCUT2D eigenvalue weighted by Gasteiger charge is 2.29. The van der Waals surface area contributed by atoms with Gasteiger partial charge in [0.1, 0.15) is 5.82 Å². The van der Waals surface area contributed by atoms with Crippen molar-refractivity contribution in [1.82, 2.24) is 0 Å². The van der Waals surface area contributed by atoms with E-state index in [0.717, 1.165) is 0 Å². The molecule has 0 radical (unpaired) electrons. The van der Waals surface area contributed by atoms with Crippen LogP contribution in [0.15, 0.2) is 46.9 Å². The van der Waals surface area contributed by atoms with Gasteiger partial charge in [0.2, 0.25) is 0 Å². The van der Waals surface area contributed by atoms with Crippen molar-refractivity contribution in [2.45, 2.75) is 12.5 Å². The van der Waals surface area contributed by atoms with Crippen LogP contribution in [0.25, 0.3) is 0 Å². The van der Waals surface area contributed by atoms with E-state index >= 15 is 0 Å². The van der Waals surface area contributed by atoms with E-state index in [1.807, 2.05) is 18.2 Å². The summed E-state index contributed by atoms with van der Waals surface area (Å²) in [6.07, 6.45) is 0. The third-order valence-electron chi connectivity index (χ3n) is 2.94. The summed E-state index contributed by atoms with van der Waals surface area (Å²) in [6.45, 7) is 1.75. The Balaban J connectivity index is 2.62. The molecule has 0 bridgehead atoms. The van der Waals surface area contributed by atoms with Gasteiger partial charge in [0.25, 0.3) is 0 Å². The van der Waals surface area contributed by atoms with Crippen LogP contribution in [0.2, 0.25) is 5.02 Å². The van der Waals surface area contributed by atoms with E-state index in [-0.39, 0.29) is 5.82 Å². The molecule has 1 nitrogen and oxygen atoms in total. The lowest BCUT2D eigenvalue weighted by Crippen LogP contribution is -2.35. The van der Waals surface area contributed by atoms with Crippen LogP contribution in [0, 0.1) is 5.82 Å². The van der Waals surface area contributed by atoms with Crippen LogP contribution >= 0.6 is 27.5 Å². The molecular weight excluding hydrogens is 317 g/mol. The van der Waals surface area contributed by atoms with Gasteiger partial charge in [-0.2, -0.15) is 0 Å². The second-order valence-electron chi connectivity index (χ2n) is 4.28. The maximum Gasteiger partial charge on any atom is 0.142 e. The first-order chi connectivity index (χ1) is 8.44. The molecule has 1 atom stereocenters. The number of rotatable bonds is 2. The Morgan fingerprint density at radius 1 is 1.11 bits per heavy atom. The second kappa shape index (κ2) is 5.00. The lowest BCUT2D eigenvalue weighted by atomic mass is 9.85. The molecule has 0 amide bonds. The first kappa shape index (κ1) is 13.5. The van der Waals surface area contributed by atoms with Gasteiger partial charge in [-0.1, -0.05) is 41.9 Å².